The summed E-state index contributed by atoms with van der Waals surface area (Å²) in [6.45, 7) is 20.4. The van der Waals surface area contributed by atoms with Crippen LogP contribution >= 0.6 is 0 Å². The second-order valence-corrected chi connectivity index (χ2v) is 18.6. The molecule has 0 aliphatic heterocycles. The van der Waals surface area contributed by atoms with E-state index >= 15 is 0 Å². The summed E-state index contributed by atoms with van der Waals surface area (Å²) in [7, 11) is 0. The van der Waals surface area contributed by atoms with Gasteiger partial charge in [0.1, 0.15) is 5.82 Å². The van der Waals surface area contributed by atoms with E-state index in [1.165, 1.54) is 22.3 Å². The maximum atomic E-state index is 6.58. The third-order valence-electron chi connectivity index (χ3n) is 11.2. The summed E-state index contributed by atoms with van der Waals surface area (Å²) >= 11 is 0. The maximum Gasteiger partial charge on any atom is 0.269 e. The second-order valence-electron chi connectivity index (χ2n) is 18.6. The SMILES string of the molecule is CC(C)(C)c1cc(-[n+]2[c-]n(-c3[c-]c(Oc4[c-]c5c(cc4)c4cc(-c6ccccc6)ccc4n5-c4ccccn4)ccn3)c3ccc(C(C)(C)C)cc32)cc(C(C)(C)C)c1.[Pt]. The Morgan fingerprint density at radius 3 is 1.92 bits per heavy atom. The van der Waals surface area contributed by atoms with Crippen LogP contribution in [0.2, 0.25) is 0 Å². The predicted octanol–water partition coefficient (Wildman–Crippen LogP) is 12.5. The molecule has 9 aromatic rings. The molecule has 0 amide bonds. The average Bonchev–Trinajstić information content (AvgIpc) is 3.76. The second kappa shape index (κ2) is 15.3. The van der Waals surface area contributed by atoms with Gasteiger partial charge in [0.2, 0.25) is 0 Å². The predicted molar refractivity (Wildman–Crippen MR) is 239 cm³/mol. The van der Waals surface area contributed by atoms with Gasteiger partial charge >= 0.3 is 0 Å². The molecule has 0 saturated carbocycles. The van der Waals surface area contributed by atoms with Gasteiger partial charge in [-0.2, -0.15) is 18.2 Å². The molecular formula is C53H49N5OPt-2. The van der Waals surface area contributed by atoms with Crippen LogP contribution in [0.15, 0.2) is 134 Å². The molecule has 0 N–H and O–H groups in total. The molecule has 9 rings (SSSR count). The smallest absolute Gasteiger partial charge is 0.269 e. The van der Waals surface area contributed by atoms with Crippen LogP contribution in [0.4, 0.5) is 0 Å². The van der Waals surface area contributed by atoms with Gasteiger partial charge in [-0.1, -0.05) is 141 Å². The molecule has 0 aliphatic rings. The first-order valence-electron chi connectivity index (χ1n) is 20.3. The van der Waals surface area contributed by atoms with Crippen molar-refractivity contribution in [2.45, 2.75) is 78.6 Å². The minimum absolute atomic E-state index is 0. The van der Waals surface area contributed by atoms with Crippen molar-refractivity contribution in [3.05, 3.63) is 169 Å². The van der Waals surface area contributed by atoms with E-state index in [0.29, 0.717) is 17.3 Å². The van der Waals surface area contributed by atoms with E-state index in [9.17, 15) is 0 Å². The van der Waals surface area contributed by atoms with Crippen LogP contribution < -0.4 is 9.30 Å². The molecule has 4 aromatic heterocycles. The van der Waals surface area contributed by atoms with Gasteiger partial charge in [-0.05, 0) is 91.6 Å². The van der Waals surface area contributed by atoms with Gasteiger partial charge in [-0.15, -0.1) is 17.5 Å². The number of hydrogen-bond acceptors (Lipinski definition) is 3. The van der Waals surface area contributed by atoms with Gasteiger partial charge in [-0.3, -0.25) is 14.1 Å². The fourth-order valence-corrected chi connectivity index (χ4v) is 7.70. The molecule has 304 valence electrons. The van der Waals surface area contributed by atoms with Crippen molar-refractivity contribution in [2.24, 2.45) is 0 Å². The van der Waals surface area contributed by atoms with Gasteiger partial charge in [0, 0.05) is 38.5 Å². The Morgan fingerprint density at radius 1 is 0.550 bits per heavy atom. The quantitative estimate of drug-likeness (QED) is 0.123. The van der Waals surface area contributed by atoms with Crippen molar-refractivity contribution in [3.8, 4) is 39.9 Å². The number of imidazole rings is 1. The van der Waals surface area contributed by atoms with Crippen LogP contribution in [-0.2, 0) is 37.3 Å². The van der Waals surface area contributed by atoms with Gasteiger partial charge in [0.15, 0.2) is 0 Å². The van der Waals surface area contributed by atoms with Gasteiger partial charge in [0.05, 0.1) is 22.5 Å². The van der Waals surface area contributed by atoms with Crippen LogP contribution in [0.3, 0.4) is 0 Å². The Kier molecular flexibility index (Phi) is 10.4. The van der Waals surface area contributed by atoms with Crippen LogP contribution in [0.25, 0.3) is 61.3 Å². The van der Waals surface area contributed by atoms with Gasteiger partial charge in [-0.25, -0.2) is 4.98 Å². The standard InChI is InChI=1S/C53H49N5O.Pt/c1-51(2,3)37-19-23-46-48(31-37)56(40-29-38(52(4,5)6)28-39(30-40)53(7,8)9)34-57(46)50-33-42(24-26-55-50)59-41-20-21-43-44-27-36(35-15-11-10-12-16-35)18-22-45(44)58(47(43)32-41)49-17-13-14-25-54-49;/h10-31H,1-9H3;/q-2;. The number of ether oxygens (including phenoxy) is 1. The van der Waals surface area contributed by atoms with Crippen molar-refractivity contribution >= 4 is 32.8 Å². The fraction of sp³-hybridized carbons (Fsp3) is 0.226. The largest absolute Gasteiger partial charge is 0.522 e. The molecule has 0 spiro atoms. The minimum atomic E-state index is -0.0415. The van der Waals surface area contributed by atoms with E-state index in [1.807, 2.05) is 47.2 Å². The zero-order chi connectivity index (χ0) is 41.3. The number of nitrogens with zero attached hydrogens (tertiary/aromatic N) is 5. The molecule has 0 unspecified atom stereocenters. The average molecular weight is 967 g/mol. The molecule has 60 heavy (non-hydrogen) atoms. The third kappa shape index (κ3) is 7.70. The van der Waals surface area contributed by atoms with Crippen molar-refractivity contribution in [2.75, 3.05) is 0 Å². The number of rotatable bonds is 6. The van der Waals surface area contributed by atoms with Crippen molar-refractivity contribution in [1.82, 2.24) is 19.1 Å². The van der Waals surface area contributed by atoms with Crippen molar-refractivity contribution in [1.29, 1.82) is 0 Å². The number of aromatic nitrogens is 5. The molecular weight excluding hydrogens is 918 g/mol. The summed E-state index contributed by atoms with van der Waals surface area (Å²) in [5.41, 5.74) is 11.0. The molecule has 6 nitrogen and oxygen atoms in total. The van der Waals surface area contributed by atoms with E-state index in [-0.39, 0.29) is 37.3 Å². The Hall–Kier alpha value is -5.84. The minimum Gasteiger partial charge on any atom is -0.522 e. The molecule has 0 bridgehead atoms. The normalized spacial score (nSPS) is 12.3. The van der Waals surface area contributed by atoms with Crippen molar-refractivity contribution < 1.29 is 30.4 Å². The molecule has 4 heterocycles. The van der Waals surface area contributed by atoms with Crippen LogP contribution in [0.1, 0.15) is 79.0 Å². The molecule has 0 saturated heterocycles. The van der Waals surface area contributed by atoms with E-state index in [4.69, 9.17) is 14.7 Å². The molecule has 0 atom stereocenters. The number of benzene rings is 5. The topological polar surface area (TPSA) is 48.8 Å². The van der Waals surface area contributed by atoms with Crippen LogP contribution in [-0.4, -0.2) is 19.1 Å². The Morgan fingerprint density at radius 2 is 1.23 bits per heavy atom. The monoisotopic (exact) mass is 966 g/mol. The molecule has 0 radical (unpaired) electrons. The van der Waals surface area contributed by atoms with Crippen molar-refractivity contribution in [3.63, 3.8) is 0 Å². The molecule has 0 aliphatic carbocycles. The first-order valence-corrected chi connectivity index (χ1v) is 20.3. The third-order valence-corrected chi connectivity index (χ3v) is 11.2. The fourth-order valence-electron chi connectivity index (χ4n) is 7.70. The number of pyridine rings is 2. The summed E-state index contributed by atoms with van der Waals surface area (Å²) in [6.07, 6.45) is 7.28. The van der Waals surface area contributed by atoms with E-state index in [1.54, 1.807) is 6.20 Å². The summed E-state index contributed by atoms with van der Waals surface area (Å²) in [5, 5.41) is 2.18. The first kappa shape index (κ1) is 40.9. The van der Waals surface area contributed by atoms with Gasteiger partial charge < -0.3 is 9.30 Å². The van der Waals surface area contributed by atoms with E-state index in [2.05, 4.69) is 175 Å². The Balaban J connectivity index is 0.00000499. The van der Waals surface area contributed by atoms with E-state index < -0.39 is 0 Å². The molecule has 5 aromatic carbocycles. The summed E-state index contributed by atoms with van der Waals surface area (Å²) in [5.74, 6) is 2.48. The Bertz CT molecular complexity index is 2980. The van der Waals surface area contributed by atoms with Gasteiger partial charge in [0.25, 0.3) is 6.33 Å². The first-order chi connectivity index (χ1) is 28.1. The Labute approximate surface area is 367 Å². The zero-order valence-corrected chi connectivity index (χ0v) is 37.9. The summed E-state index contributed by atoms with van der Waals surface area (Å²) in [4.78, 5) is 9.56. The number of fused-ring (bicyclic) bond motifs is 4. The zero-order valence-electron chi connectivity index (χ0n) is 35.7. The summed E-state index contributed by atoms with van der Waals surface area (Å²) in [6, 6.07) is 49.6. The molecule has 7 heteroatoms. The molecule has 0 fully saturated rings. The maximum absolute atomic E-state index is 6.58. The van der Waals surface area contributed by atoms with Crippen LogP contribution in [0, 0.1) is 18.5 Å². The van der Waals surface area contributed by atoms with E-state index in [0.717, 1.165) is 49.9 Å². The summed E-state index contributed by atoms with van der Waals surface area (Å²) < 4.78 is 12.9. The number of hydrogen-bond donors (Lipinski definition) is 0. The van der Waals surface area contributed by atoms with Crippen LogP contribution in [0.5, 0.6) is 11.5 Å².